The largest absolute Gasteiger partial charge is 0.465 e. The zero-order valence-corrected chi connectivity index (χ0v) is 11.4. The Morgan fingerprint density at radius 3 is 1.95 bits per heavy atom. The van der Waals surface area contributed by atoms with E-state index in [1.54, 1.807) is 0 Å². The summed E-state index contributed by atoms with van der Waals surface area (Å²) in [5.41, 5.74) is 4.16. The summed E-state index contributed by atoms with van der Waals surface area (Å²) in [4.78, 5) is 12.4. The Balaban J connectivity index is 2.20. The van der Waals surface area contributed by atoms with Crippen molar-refractivity contribution in [2.75, 3.05) is 6.61 Å². The van der Waals surface area contributed by atoms with Gasteiger partial charge in [0.05, 0.1) is 6.61 Å². The van der Waals surface area contributed by atoms with Crippen LogP contribution >= 0.6 is 0 Å². The Morgan fingerprint density at radius 2 is 1.45 bits per heavy atom. The van der Waals surface area contributed by atoms with Gasteiger partial charge in [-0.05, 0) is 29.2 Å². The predicted octanol–water partition coefficient (Wildman–Crippen LogP) is 3.87. The topological polar surface area (TPSA) is 26.3 Å². The van der Waals surface area contributed by atoms with E-state index in [0.29, 0.717) is 6.61 Å². The Hall–Kier alpha value is -2.35. The van der Waals surface area contributed by atoms with Crippen molar-refractivity contribution in [1.29, 1.82) is 0 Å². The molecule has 0 atom stereocenters. The summed E-state index contributed by atoms with van der Waals surface area (Å²) in [5, 5.41) is 0. The number of carbonyl (C=O) groups excluding carboxylic acids is 1. The maximum absolute atomic E-state index is 12.4. The zero-order valence-electron chi connectivity index (χ0n) is 11.4. The van der Waals surface area contributed by atoms with Gasteiger partial charge in [0.25, 0.3) is 0 Å². The minimum Gasteiger partial charge on any atom is -0.465 e. The quantitative estimate of drug-likeness (QED) is 0.770. The molecule has 1 aliphatic carbocycles. The van der Waals surface area contributed by atoms with Gasteiger partial charge in [-0.2, -0.15) is 0 Å². The molecule has 2 nitrogen and oxygen atoms in total. The van der Waals surface area contributed by atoms with Gasteiger partial charge in [-0.1, -0.05) is 60.7 Å². The first kappa shape index (κ1) is 12.7. The molecule has 0 heterocycles. The Bertz CT molecular complexity index is 621. The fourth-order valence-electron chi connectivity index (χ4n) is 2.68. The molecule has 0 fully saturated rings. The van der Waals surface area contributed by atoms with E-state index in [-0.39, 0.29) is 11.9 Å². The molecule has 0 aliphatic heterocycles. The van der Waals surface area contributed by atoms with Crippen molar-refractivity contribution in [1.82, 2.24) is 0 Å². The highest BCUT2D eigenvalue weighted by atomic mass is 16.5. The molecule has 0 radical (unpaired) electrons. The van der Waals surface area contributed by atoms with Crippen LogP contribution in [0, 0.1) is 0 Å². The monoisotopic (exact) mass is 264 g/mol. The van der Waals surface area contributed by atoms with Crippen molar-refractivity contribution >= 4 is 18.1 Å². The average Bonchev–Trinajstić information content (AvgIpc) is 2.64. The molecule has 0 N–H and O–H groups in total. The van der Waals surface area contributed by atoms with Crippen LogP contribution in [-0.4, -0.2) is 12.6 Å². The van der Waals surface area contributed by atoms with Crippen LogP contribution in [0.15, 0.2) is 48.5 Å². The second-order valence-corrected chi connectivity index (χ2v) is 4.78. The van der Waals surface area contributed by atoms with Gasteiger partial charge >= 0.3 is 5.97 Å². The molecule has 3 rings (SSSR count). The molecule has 2 aromatic carbocycles. The van der Waals surface area contributed by atoms with E-state index in [0.717, 1.165) is 22.3 Å². The third-order valence-electron chi connectivity index (χ3n) is 3.58. The number of hydrogen-bond donors (Lipinski definition) is 0. The lowest BCUT2D eigenvalue weighted by Crippen LogP contribution is -2.18. The number of ether oxygens (including phenoxy) is 1. The van der Waals surface area contributed by atoms with Crippen molar-refractivity contribution in [2.24, 2.45) is 0 Å². The van der Waals surface area contributed by atoms with Gasteiger partial charge in [-0.15, -0.1) is 0 Å². The normalized spacial score (nSPS) is 13.2. The summed E-state index contributed by atoms with van der Waals surface area (Å²) < 4.78 is 5.28. The summed E-state index contributed by atoms with van der Waals surface area (Å²) in [6.45, 7) is 2.23. The van der Waals surface area contributed by atoms with Gasteiger partial charge in [0.15, 0.2) is 0 Å². The maximum atomic E-state index is 12.4. The third kappa shape index (κ3) is 2.14. The first-order chi connectivity index (χ1) is 9.81. The number of fused-ring (bicyclic) bond motifs is 2. The molecule has 2 aromatic rings. The first-order valence-corrected chi connectivity index (χ1v) is 6.84. The number of esters is 1. The Morgan fingerprint density at radius 1 is 0.950 bits per heavy atom. The first-order valence-electron chi connectivity index (χ1n) is 6.84. The lowest BCUT2D eigenvalue weighted by atomic mass is 9.88. The lowest BCUT2D eigenvalue weighted by Gasteiger charge is -2.18. The smallest absolute Gasteiger partial charge is 0.317 e. The lowest BCUT2D eigenvalue weighted by molar-refractivity contribution is -0.143. The Labute approximate surface area is 118 Å². The highest BCUT2D eigenvalue weighted by Crippen LogP contribution is 2.35. The standard InChI is InChI=1S/C18H16O2/c1-2-20-18(19)17-15-9-5-3-7-13(15)11-12-14-8-4-6-10-16(14)17/h3-12,17H,2H2,1H3. The minimum atomic E-state index is -0.350. The van der Waals surface area contributed by atoms with Crippen LogP contribution in [0.25, 0.3) is 12.2 Å². The van der Waals surface area contributed by atoms with Gasteiger partial charge in [0, 0.05) is 0 Å². The predicted molar refractivity (Wildman–Crippen MR) is 80.3 cm³/mol. The minimum absolute atomic E-state index is 0.184. The van der Waals surface area contributed by atoms with Gasteiger partial charge in [-0.25, -0.2) is 0 Å². The third-order valence-corrected chi connectivity index (χ3v) is 3.58. The number of carbonyl (C=O) groups is 1. The van der Waals surface area contributed by atoms with Crippen molar-refractivity contribution in [3.05, 3.63) is 70.8 Å². The van der Waals surface area contributed by atoms with E-state index < -0.39 is 0 Å². The number of hydrogen-bond acceptors (Lipinski definition) is 2. The van der Waals surface area contributed by atoms with Gasteiger partial charge in [0.1, 0.15) is 5.92 Å². The molecule has 0 aromatic heterocycles. The molecule has 20 heavy (non-hydrogen) atoms. The fourth-order valence-corrected chi connectivity index (χ4v) is 2.68. The molecule has 1 aliphatic rings. The molecule has 0 unspecified atom stereocenters. The van der Waals surface area contributed by atoms with E-state index in [9.17, 15) is 4.79 Å². The summed E-state index contributed by atoms with van der Waals surface area (Å²) in [6, 6.07) is 16.0. The molecule has 0 amide bonds. The van der Waals surface area contributed by atoms with E-state index in [1.807, 2.05) is 55.5 Å². The number of rotatable bonds is 2. The maximum Gasteiger partial charge on any atom is 0.317 e. The van der Waals surface area contributed by atoms with E-state index in [4.69, 9.17) is 4.74 Å². The summed E-state index contributed by atoms with van der Waals surface area (Å²) in [6.07, 6.45) is 4.13. The van der Waals surface area contributed by atoms with E-state index in [1.165, 1.54) is 0 Å². The molecular weight excluding hydrogens is 248 g/mol. The molecule has 2 heteroatoms. The van der Waals surface area contributed by atoms with Crippen molar-refractivity contribution in [3.8, 4) is 0 Å². The Kier molecular flexibility index (Phi) is 3.38. The van der Waals surface area contributed by atoms with E-state index in [2.05, 4.69) is 12.2 Å². The molecule has 0 saturated heterocycles. The highest BCUT2D eigenvalue weighted by Gasteiger charge is 2.28. The van der Waals surface area contributed by atoms with Crippen LogP contribution in [0.2, 0.25) is 0 Å². The fraction of sp³-hybridized carbons (Fsp3) is 0.167. The molecule has 0 bridgehead atoms. The van der Waals surface area contributed by atoms with Crippen molar-refractivity contribution in [3.63, 3.8) is 0 Å². The van der Waals surface area contributed by atoms with Crippen LogP contribution in [0.5, 0.6) is 0 Å². The average molecular weight is 264 g/mol. The van der Waals surface area contributed by atoms with E-state index >= 15 is 0 Å². The van der Waals surface area contributed by atoms with Gasteiger partial charge in [0.2, 0.25) is 0 Å². The molecule has 0 spiro atoms. The van der Waals surface area contributed by atoms with Gasteiger partial charge < -0.3 is 4.74 Å². The van der Waals surface area contributed by atoms with Crippen LogP contribution in [0.1, 0.15) is 35.1 Å². The number of benzene rings is 2. The van der Waals surface area contributed by atoms with Crippen molar-refractivity contribution in [2.45, 2.75) is 12.8 Å². The van der Waals surface area contributed by atoms with Gasteiger partial charge in [-0.3, -0.25) is 4.79 Å². The summed E-state index contributed by atoms with van der Waals surface area (Å²) >= 11 is 0. The summed E-state index contributed by atoms with van der Waals surface area (Å²) in [5.74, 6) is -0.534. The van der Waals surface area contributed by atoms with Crippen LogP contribution < -0.4 is 0 Å². The second kappa shape index (κ2) is 5.33. The molecule has 0 saturated carbocycles. The van der Waals surface area contributed by atoms with Crippen LogP contribution in [0.4, 0.5) is 0 Å². The summed E-state index contributed by atoms with van der Waals surface area (Å²) in [7, 11) is 0. The second-order valence-electron chi connectivity index (χ2n) is 4.78. The highest BCUT2D eigenvalue weighted by molar-refractivity contribution is 5.89. The molecule has 100 valence electrons. The van der Waals surface area contributed by atoms with Crippen LogP contribution in [-0.2, 0) is 9.53 Å². The zero-order chi connectivity index (χ0) is 13.9. The van der Waals surface area contributed by atoms with Crippen LogP contribution in [0.3, 0.4) is 0 Å². The SMILES string of the molecule is CCOC(=O)C1c2ccccc2C=Cc2ccccc21. The van der Waals surface area contributed by atoms with Crippen molar-refractivity contribution < 1.29 is 9.53 Å². The molecular formula is C18H16O2.